The Morgan fingerprint density at radius 1 is 1.33 bits per heavy atom. The minimum Gasteiger partial charge on any atom is -0.396 e. The van der Waals surface area contributed by atoms with Crippen molar-refractivity contribution in [3.8, 4) is 0 Å². The van der Waals surface area contributed by atoms with Gasteiger partial charge in [-0.05, 0) is 49.4 Å². The highest BCUT2D eigenvalue weighted by molar-refractivity contribution is 9.10. The van der Waals surface area contributed by atoms with E-state index in [1.807, 2.05) is 0 Å². The van der Waals surface area contributed by atoms with Crippen LogP contribution < -0.4 is 4.72 Å². The first-order valence-electron chi connectivity index (χ1n) is 5.91. The summed E-state index contributed by atoms with van der Waals surface area (Å²) in [5.74, 6) is 0.377. The maximum Gasteiger partial charge on any atom is 0.240 e. The van der Waals surface area contributed by atoms with Gasteiger partial charge in [0.2, 0.25) is 10.0 Å². The summed E-state index contributed by atoms with van der Waals surface area (Å²) in [5.41, 5.74) is 0. The fraction of sp³-hybridized carbons (Fsp3) is 0.500. The summed E-state index contributed by atoms with van der Waals surface area (Å²) in [6.07, 6.45) is 2.54. The molecule has 0 spiro atoms. The molecule has 4 nitrogen and oxygen atoms in total. The number of nitrogens with one attached hydrogen (secondary N) is 1. The number of hydrogen-bond acceptors (Lipinski definition) is 3. The molecule has 1 fully saturated rings. The normalized spacial score (nSPS) is 17.7. The van der Waals surface area contributed by atoms with Crippen LogP contribution in [0.4, 0.5) is 0 Å². The topological polar surface area (TPSA) is 66.4 Å². The maximum atomic E-state index is 12.2. The molecule has 0 aliphatic heterocycles. The standard InChI is InChI=1S/C12H16BrNO3S/c13-10-3-5-11(6-4-10)18(16,17)14-12(7-8-15)9-1-2-9/h3-6,9,12,14-15H,1-2,7-8H2. The zero-order valence-corrected chi connectivity index (χ0v) is 12.2. The predicted octanol–water partition coefficient (Wildman–Crippen LogP) is 1.89. The van der Waals surface area contributed by atoms with Gasteiger partial charge in [-0.2, -0.15) is 0 Å². The second-order valence-corrected chi connectivity index (χ2v) is 7.16. The van der Waals surface area contributed by atoms with Gasteiger partial charge in [-0.25, -0.2) is 13.1 Å². The van der Waals surface area contributed by atoms with Gasteiger partial charge in [-0.3, -0.25) is 0 Å². The summed E-state index contributed by atoms with van der Waals surface area (Å²) in [6, 6.07) is 6.38. The van der Waals surface area contributed by atoms with Crippen molar-refractivity contribution in [3.05, 3.63) is 28.7 Å². The minimum atomic E-state index is -3.49. The second-order valence-electron chi connectivity index (χ2n) is 4.53. The van der Waals surface area contributed by atoms with E-state index in [2.05, 4.69) is 20.7 Å². The summed E-state index contributed by atoms with van der Waals surface area (Å²) >= 11 is 3.27. The summed E-state index contributed by atoms with van der Waals surface area (Å²) in [4.78, 5) is 0.259. The van der Waals surface area contributed by atoms with Crippen LogP contribution in [0.25, 0.3) is 0 Å². The van der Waals surface area contributed by atoms with E-state index < -0.39 is 10.0 Å². The first kappa shape index (κ1) is 14.0. The van der Waals surface area contributed by atoms with Crippen molar-refractivity contribution < 1.29 is 13.5 Å². The maximum absolute atomic E-state index is 12.2. The average molecular weight is 334 g/mol. The predicted molar refractivity (Wildman–Crippen MR) is 72.7 cm³/mol. The number of benzene rings is 1. The molecule has 1 atom stereocenters. The van der Waals surface area contributed by atoms with Crippen molar-refractivity contribution in [3.63, 3.8) is 0 Å². The molecule has 0 amide bonds. The van der Waals surface area contributed by atoms with Gasteiger partial charge in [0.05, 0.1) is 4.90 Å². The van der Waals surface area contributed by atoms with E-state index in [1.165, 1.54) is 0 Å². The SMILES string of the molecule is O=S(=O)(NC(CCO)C1CC1)c1ccc(Br)cc1. The van der Waals surface area contributed by atoms with Crippen LogP contribution in [0.3, 0.4) is 0 Å². The third-order valence-electron chi connectivity index (χ3n) is 3.06. The molecular formula is C12H16BrNO3S. The van der Waals surface area contributed by atoms with Gasteiger partial charge in [0, 0.05) is 17.1 Å². The van der Waals surface area contributed by atoms with Crippen molar-refractivity contribution in [1.29, 1.82) is 0 Å². The molecule has 0 radical (unpaired) electrons. The average Bonchev–Trinajstić information content (AvgIpc) is 3.12. The molecule has 18 heavy (non-hydrogen) atoms. The van der Waals surface area contributed by atoms with Crippen LogP contribution in [0.1, 0.15) is 19.3 Å². The highest BCUT2D eigenvalue weighted by Crippen LogP contribution is 2.34. The van der Waals surface area contributed by atoms with E-state index in [9.17, 15) is 8.42 Å². The van der Waals surface area contributed by atoms with Crippen LogP contribution in [-0.2, 0) is 10.0 Å². The Hall–Kier alpha value is -0.430. The largest absolute Gasteiger partial charge is 0.396 e. The summed E-state index contributed by atoms with van der Waals surface area (Å²) < 4.78 is 27.8. The molecule has 0 aromatic heterocycles. The fourth-order valence-electron chi connectivity index (χ4n) is 1.91. The number of rotatable bonds is 6. The molecule has 1 aromatic rings. The van der Waals surface area contributed by atoms with Crippen LogP contribution in [-0.4, -0.2) is 26.2 Å². The van der Waals surface area contributed by atoms with Gasteiger partial charge in [0.25, 0.3) is 0 Å². The van der Waals surface area contributed by atoms with Crippen molar-refractivity contribution >= 4 is 26.0 Å². The van der Waals surface area contributed by atoms with E-state index >= 15 is 0 Å². The van der Waals surface area contributed by atoms with E-state index in [0.717, 1.165) is 17.3 Å². The first-order valence-corrected chi connectivity index (χ1v) is 8.19. The molecule has 100 valence electrons. The van der Waals surface area contributed by atoms with Crippen molar-refractivity contribution in [2.45, 2.75) is 30.2 Å². The van der Waals surface area contributed by atoms with Gasteiger partial charge in [-0.15, -0.1) is 0 Å². The zero-order valence-electron chi connectivity index (χ0n) is 9.84. The van der Waals surface area contributed by atoms with E-state index in [4.69, 9.17) is 5.11 Å². The van der Waals surface area contributed by atoms with Gasteiger partial charge in [-0.1, -0.05) is 15.9 Å². The molecule has 1 aromatic carbocycles. The molecule has 2 rings (SSSR count). The molecule has 1 saturated carbocycles. The number of halogens is 1. The third-order valence-corrected chi connectivity index (χ3v) is 5.10. The lowest BCUT2D eigenvalue weighted by Crippen LogP contribution is -2.37. The smallest absolute Gasteiger partial charge is 0.240 e. The molecule has 0 bridgehead atoms. The van der Waals surface area contributed by atoms with Gasteiger partial charge < -0.3 is 5.11 Å². The quantitative estimate of drug-likeness (QED) is 0.835. The summed E-state index contributed by atoms with van der Waals surface area (Å²) in [7, 11) is -3.49. The zero-order chi connectivity index (χ0) is 13.2. The van der Waals surface area contributed by atoms with Crippen molar-refractivity contribution in [2.24, 2.45) is 5.92 Å². The number of hydrogen-bond donors (Lipinski definition) is 2. The van der Waals surface area contributed by atoms with E-state index in [0.29, 0.717) is 12.3 Å². The number of aliphatic hydroxyl groups excluding tert-OH is 1. The highest BCUT2D eigenvalue weighted by Gasteiger charge is 2.33. The summed E-state index contributed by atoms with van der Waals surface area (Å²) in [5, 5.41) is 8.98. The minimum absolute atomic E-state index is 0.00399. The molecule has 1 aliphatic carbocycles. The lowest BCUT2D eigenvalue weighted by molar-refractivity contribution is 0.265. The molecule has 0 heterocycles. The molecule has 2 N–H and O–H groups in total. The van der Waals surface area contributed by atoms with Crippen molar-refractivity contribution in [1.82, 2.24) is 4.72 Å². The van der Waals surface area contributed by atoms with Crippen LogP contribution >= 0.6 is 15.9 Å². The Kier molecular flexibility index (Phi) is 4.42. The molecule has 0 saturated heterocycles. The van der Waals surface area contributed by atoms with Crippen LogP contribution in [0.2, 0.25) is 0 Å². The monoisotopic (exact) mass is 333 g/mol. The summed E-state index contributed by atoms with van der Waals surface area (Å²) in [6.45, 7) is 0.00399. The Labute approximate surface area is 116 Å². The van der Waals surface area contributed by atoms with Gasteiger partial charge in [0.1, 0.15) is 0 Å². The highest BCUT2D eigenvalue weighted by atomic mass is 79.9. The molecule has 1 aliphatic rings. The molecule has 6 heteroatoms. The Morgan fingerprint density at radius 3 is 2.44 bits per heavy atom. The number of aliphatic hydroxyl groups is 1. The van der Waals surface area contributed by atoms with Crippen molar-refractivity contribution in [2.75, 3.05) is 6.61 Å². The van der Waals surface area contributed by atoms with Gasteiger partial charge >= 0.3 is 0 Å². The lowest BCUT2D eigenvalue weighted by Gasteiger charge is -2.17. The molecule has 1 unspecified atom stereocenters. The Morgan fingerprint density at radius 2 is 1.94 bits per heavy atom. The number of sulfonamides is 1. The Balaban J connectivity index is 2.12. The van der Waals surface area contributed by atoms with Crippen LogP contribution in [0, 0.1) is 5.92 Å². The fourth-order valence-corrected chi connectivity index (χ4v) is 3.51. The third kappa shape index (κ3) is 3.54. The van der Waals surface area contributed by atoms with Crippen LogP contribution in [0.5, 0.6) is 0 Å². The lowest BCUT2D eigenvalue weighted by atomic mass is 10.1. The van der Waals surface area contributed by atoms with Gasteiger partial charge in [0.15, 0.2) is 0 Å². The van der Waals surface area contributed by atoms with E-state index in [-0.39, 0.29) is 17.5 Å². The Bertz CT molecular complexity index is 497. The van der Waals surface area contributed by atoms with Crippen LogP contribution in [0.15, 0.2) is 33.6 Å². The molecular weight excluding hydrogens is 318 g/mol. The second kappa shape index (κ2) is 5.69. The first-order chi connectivity index (χ1) is 8.53. The van der Waals surface area contributed by atoms with E-state index in [1.54, 1.807) is 24.3 Å².